The summed E-state index contributed by atoms with van der Waals surface area (Å²) in [5.41, 5.74) is 5.11. The van der Waals surface area contributed by atoms with E-state index < -0.39 is 5.97 Å². The molecule has 2 atom stereocenters. The quantitative estimate of drug-likeness (QED) is 0.849. The molecule has 3 aliphatic rings. The van der Waals surface area contributed by atoms with Crippen molar-refractivity contribution in [3.05, 3.63) is 53.8 Å². The number of allylic oxidation sites excluding steroid dienone is 2. The number of benzene rings is 1. The number of hydrogen-bond acceptors (Lipinski definition) is 2. The second-order valence-electron chi connectivity index (χ2n) is 7.76. The largest absolute Gasteiger partial charge is 0.478 e. The number of carbonyl (C=O) groups is 1. The maximum absolute atomic E-state index is 11.1. The van der Waals surface area contributed by atoms with E-state index in [0.29, 0.717) is 6.04 Å². The average molecular weight is 334 g/mol. The van der Waals surface area contributed by atoms with Crippen LogP contribution in [0.15, 0.2) is 42.5 Å². The minimum Gasteiger partial charge on any atom is -0.478 e. The van der Waals surface area contributed by atoms with Gasteiger partial charge in [0.1, 0.15) is 0 Å². The van der Waals surface area contributed by atoms with E-state index in [1.165, 1.54) is 34.7 Å². The second-order valence-corrected chi connectivity index (χ2v) is 7.76. The molecule has 5 rings (SSSR count). The Balaban J connectivity index is 1.84. The summed E-state index contributed by atoms with van der Waals surface area (Å²) in [6.45, 7) is 4.62. The van der Waals surface area contributed by atoms with Gasteiger partial charge in [0.25, 0.3) is 0 Å². The van der Waals surface area contributed by atoms with Crippen LogP contribution in [-0.2, 0) is 11.2 Å². The highest BCUT2D eigenvalue weighted by Crippen LogP contribution is 2.55. The van der Waals surface area contributed by atoms with E-state index in [-0.39, 0.29) is 5.41 Å². The first kappa shape index (κ1) is 15.0. The molecular weight excluding hydrogens is 312 g/mol. The molecular formula is C21H22N2O2. The Morgan fingerprint density at radius 1 is 1.32 bits per heavy atom. The predicted molar refractivity (Wildman–Crippen MR) is 98.3 cm³/mol. The van der Waals surface area contributed by atoms with Crippen molar-refractivity contribution < 1.29 is 9.90 Å². The molecule has 0 amide bonds. The normalized spacial score (nSPS) is 28.2. The molecule has 0 saturated carbocycles. The van der Waals surface area contributed by atoms with Crippen LogP contribution in [-0.4, -0.2) is 33.6 Å². The SMILES string of the molecule is C[C@@]12C=C(/C=C/C(=O)O)n3c4c(c5ccccc53)CCN(CCC1)[C@H]42. The highest BCUT2D eigenvalue weighted by molar-refractivity contribution is 5.92. The van der Waals surface area contributed by atoms with Crippen LogP contribution in [0.2, 0.25) is 0 Å². The number of fused-ring (bicyclic) bond motifs is 3. The van der Waals surface area contributed by atoms with E-state index in [9.17, 15) is 4.79 Å². The molecule has 0 unspecified atom stereocenters. The topological polar surface area (TPSA) is 45.5 Å². The fraction of sp³-hybridized carbons (Fsp3) is 0.381. The van der Waals surface area contributed by atoms with Crippen LogP contribution >= 0.6 is 0 Å². The Labute approximate surface area is 147 Å². The van der Waals surface area contributed by atoms with E-state index in [1.807, 2.05) is 0 Å². The predicted octanol–water partition coefficient (Wildman–Crippen LogP) is 3.84. The molecule has 3 aliphatic heterocycles. The van der Waals surface area contributed by atoms with Crippen molar-refractivity contribution in [1.82, 2.24) is 9.47 Å². The van der Waals surface area contributed by atoms with Gasteiger partial charge in [-0.25, -0.2) is 4.79 Å². The minimum absolute atomic E-state index is 0.0654. The van der Waals surface area contributed by atoms with Crippen molar-refractivity contribution in [3.8, 4) is 0 Å². The highest BCUT2D eigenvalue weighted by atomic mass is 16.4. The van der Waals surface area contributed by atoms with Crippen LogP contribution in [0.1, 0.15) is 37.1 Å². The molecule has 2 aromatic rings. The van der Waals surface area contributed by atoms with Crippen molar-refractivity contribution in [2.24, 2.45) is 5.41 Å². The molecule has 0 aliphatic carbocycles. The molecule has 0 bridgehead atoms. The summed E-state index contributed by atoms with van der Waals surface area (Å²) in [6.07, 6.45) is 8.78. The number of carboxylic acid groups (broad SMARTS) is 1. The first-order chi connectivity index (χ1) is 12.1. The maximum Gasteiger partial charge on any atom is 0.328 e. The lowest BCUT2D eigenvalue weighted by molar-refractivity contribution is -0.131. The monoisotopic (exact) mass is 334 g/mol. The Hall–Kier alpha value is -2.33. The number of hydrogen-bond donors (Lipinski definition) is 1. The molecule has 0 spiro atoms. The van der Waals surface area contributed by atoms with Crippen LogP contribution < -0.4 is 0 Å². The van der Waals surface area contributed by atoms with Gasteiger partial charge in [-0.15, -0.1) is 0 Å². The third-order valence-electron chi connectivity index (χ3n) is 6.21. The fourth-order valence-electron chi connectivity index (χ4n) is 5.32. The highest BCUT2D eigenvalue weighted by Gasteiger charge is 2.48. The molecule has 4 heterocycles. The summed E-state index contributed by atoms with van der Waals surface area (Å²) in [6, 6.07) is 8.95. The van der Waals surface area contributed by atoms with Gasteiger partial charge in [0, 0.05) is 34.8 Å². The third kappa shape index (κ3) is 2.00. The van der Waals surface area contributed by atoms with Gasteiger partial charge in [-0.2, -0.15) is 0 Å². The van der Waals surface area contributed by atoms with Crippen LogP contribution in [0.3, 0.4) is 0 Å². The minimum atomic E-state index is -0.899. The van der Waals surface area contributed by atoms with E-state index in [0.717, 1.165) is 31.6 Å². The summed E-state index contributed by atoms with van der Waals surface area (Å²) >= 11 is 0. The van der Waals surface area contributed by atoms with E-state index in [2.05, 4.69) is 46.7 Å². The summed E-state index contributed by atoms with van der Waals surface area (Å²) in [4.78, 5) is 13.8. The van der Waals surface area contributed by atoms with Gasteiger partial charge in [0.05, 0.1) is 11.6 Å². The zero-order valence-electron chi connectivity index (χ0n) is 14.4. The number of rotatable bonds is 2. The number of piperidine rings is 1. The summed E-state index contributed by atoms with van der Waals surface area (Å²) in [5.74, 6) is -0.899. The first-order valence-electron chi connectivity index (χ1n) is 9.09. The molecule has 1 aromatic carbocycles. The van der Waals surface area contributed by atoms with Crippen LogP contribution in [0.4, 0.5) is 0 Å². The van der Waals surface area contributed by atoms with Gasteiger partial charge < -0.3 is 9.67 Å². The molecule has 1 fully saturated rings. The smallest absolute Gasteiger partial charge is 0.328 e. The average Bonchev–Trinajstić information content (AvgIpc) is 2.93. The zero-order valence-corrected chi connectivity index (χ0v) is 14.4. The number of aliphatic carboxylic acids is 1. The maximum atomic E-state index is 11.1. The second kappa shape index (κ2) is 5.09. The van der Waals surface area contributed by atoms with Crippen LogP contribution in [0, 0.1) is 5.41 Å². The van der Waals surface area contributed by atoms with Gasteiger partial charge >= 0.3 is 5.97 Å². The molecule has 4 nitrogen and oxygen atoms in total. The van der Waals surface area contributed by atoms with Gasteiger partial charge in [0.15, 0.2) is 0 Å². The molecule has 1 saturated heterocycles. The Bertz CT molecular complexity index is 952. The lowest BCUT2D eigenvalue weighted by atomic mass is 9.69. The standard InChI is InChI=1S/C21H22N2O2/c1-21-10-4-11-22-12-9-16-15-5-2-3-6-17(15)23(19(16)20(21)22)14(13-21)7-8-18(24)25/h2-3,5-8,13,20H,4,9-12H2,1H3,(H,24,25)/b8-7+/t20-,21+/m1/s1. The van der Waals surface area contributed by atoms with Crippen LogP contribution in [0.25, 0.3) is 16.6 Å². The summed E-state index contributed by atoms with van der Waals surface area (Å²) < 4.78 is 2.31. The molecule has 4 heteroatoms. The Kier molecular flexibility index (Phi) is 3.04. The van der Waals surface area contributed by atoms with Crippen LogP contribution in [0.5, 0.6) is 0 Å². The van der Waals surface area contributed by atoms with E-state index in [1.54, 1.807) is 6.08 Å². The lowest BCUT2D eigenvalue weighted by Gasteiger charge is -2.52. The lowest BCUT2D eigenvalue weighted by Crippen LogP contribution is -2.49. The molecule has 1 N–H and O–H groups in total. The zero-order chi connectivity index (χ0) is 17.2. The Morgan fingerprint density at radius 2 is 2.16 bits per heavy atom. The van der Waals surface area contributed by atoms with Gasteiger partial charge in [-0.05, 0) is 43.5 Å². The number of para-hydroxylation sites is 1. The number of nitrogens with zero attached hydrogens (tertiary/aromatic N) is 2. The van der Waals surface area contributed by atoms with E-state index in [4.69, 9.17) is 5.11 Å². The van der Waals surface area contributed by atoms with Crippen molar-refractivity contribution in [2.75, 3.05) is 13.1 Å². The fourth-order valence-corrected chi connectivity index (χ4v) is 5.32. The number of carboxylic acids is 1. The molecule has 0 radical (unpaired) electrons. The number of aromatic nitrogens is 1. The van der Waals surface area contributed by atoms with Crippen molar-refractivity contribution in [1.29, 1.82) is 0 Å². The summed E-state index contributed by atoms with van der Waals surface area (Å²) in [5, 5.41) is 10.4. The van der Waals surface area contributed by atoms with Crippen molar-refractivity contribution in [2.45, 2.75) is 32.2 Å². The molecule has 1 aromatic heterocycles. The third-order valence-corrected chi connectivity index (χ3v) is 6.21. The Morgan fingerprint density at radius 3 is 3.00 bits per heavy atom. The summed E-state index contributed by atoms with van der Waals surface area (Å²) in [7, 11) is 0. The van der Waals surface area contributed by atoms with Gasteiger partial charge in [-0.3, -0.25) is 4.90 Å². The van der Waals surface area contributed by atoms with Gasteiger partial charge in [0.2, 0.25) is 0 Å². The van der Waals surface area contributed by atoms with Gasteiger partial charge in [-0.1, -0.05) is 31.2 Å². The molecule has 128 valence electrons. The first-order valence-corrected chi connectivity index (χ1v) is 9.09. The molecule has 25 heavy (non-hydrogen) atoms. The van der Waals surface area contributed by atoms with Crippen molar-refractivity contribution in [3.63, 3.8) is 0 Å². The van der Waals surface area contributed by atoms with Crippen molar-refractivity contribution >= 4 is 22.6 Å². The van der Waals surface area contributed by atoms with E-state index >= 15 is 0 Å².